The molecule has 5 heteroatoms. The Bertz CT molecular complexity index is 581. The van der Waals surface area contributed by atoms with Crippen molar-refractivity contribution in [3.8, 4) is 0 Å². The highest BCUT2D eigenvalue weighted by Crippen LogP contribution is 2.32. The summed E-state index contributed by atoms with van der Waals surface area (Å²) in [5.41, 5.74) is 7.37. The Kier molecular flexibility index (Phi) is 6.20. The molecule has 2 fully saturated rings. The third kappa shape index (κ3) is 4.57. The summed E-state index contributed by atoms with van der Waals surface area (Å²) in [5, 5.41) is 0. The number of benzene rings is 1. The van der Waals surface area contributed by atoms with Gasteiger partial charge in [0.25, 0.3) is 0 Å². The largest absolute Gasteiger partial charge is 0.369 e. The van der Waals surface area contributed by atoms with E-state index in [2.05, 4.69) is 40.1 Å². The highest BCUT2D eigenvalue weighted by molar-refractivity contribution is 5.80. The molecule has 2 aliphatic rings. The first-order chi connectivity index (χ1) is 12.5. The topological polar surface area (TPSA) is 52.8 Å². The SMILES string of the molecule is CN(CCN1CCN(c2ccccc2)CC1)C(=O)C1CCCCC1(C)N. The summed E-state index contributed by atoms with van der Waals surface area (Å²) in [4.78, 5) is 19.7. The van der Waals surface area contributed by atoms with E-state index in [1.807, 2.05) is 18.9 Å². The lowest BCUT2D eigenvalue weighted by molar-refractivity contribution is -0.137. The van der Waals surface area contributed by atoms with Crippen LogP contribution < -0.4 is 10.6 Å². The Hall–Kier alpha value is -1.59. The highest BCUT2D eigenvalue weighted by Gasteiger charge is 2.39. The fourth-order valence-electron chi connectivity index (χ4n) is 4.30. The second kappa shape index (κ2) is 8.40. The molecular weight excluding hydrogens is 324 g/mol. The van der Waals surface area contributed by atoms with Crippen LogP contribution in [0.2, 0.25) is 0 Å². The Morgan fingerprint density at radius 1 is 1.19 bits per heavy atom. The van der Waals surface area contributed by atoms with E-state index in [0.29, 0.717) is 0 Å². The Morgan fingerprint density at radius 3 is 2.54 bits per heavy atom. The van der Waals surface area contributed by atoms with Crippen molar-refractivity contribution in [3.05, 3.63) is 30.3 Å². The van der Waals surface area contributed by atoms with Gasteiger partial charge in [0, 0.05) is 57.5 Å². The molecule has 0 spiro atoms. The van der Waals surface area contributed by atoms with Crippen molar-refractivity contribution in [2.75, 3.05) is 51.2 Å². The number of rotatable bonds is 5. The number of likely N-dealkylation sites (N-methyl/N-ethyl adjacent to an activating group) is 1. The molecule has 2 unspecified atom stereocenters. The lowest BCUT2D eigenvalue weighted by Crippen LogP contribution is -2.54. The number of carbonyl (C=O) groups excluding carboxylic acids is 1. The molecule has 2 N–H and O–H groups in total. The summed E-state index contributed by atoms with van der Waals surface area (Å²) >= 11 is 0. The van der Waals surface area contributed by atoms with Gasteiger partial charge in [-0.1, -0.05) is 31.0 Å². The normalized spacial score (nSPS) is 27.3. The van der Waals surface area contributed by atoms with Crippen LogP contribution in [0.4, 0.5) is 5.69 Å². The number of hydrogen-bond donors (Lipinski definition) is 1. The summed E-state index contributed by atoms with van der Waals surface area (Å²) in [5.74, 6) is 0.216. The molecular formula is C21H34N4O. The van der Waals surface area contributed by atoms with Crippen LogP contribution in [0.3, 0.4) is 0 Å². The molecule has 1 aromatic rings. The van der Waals surface area contributed by atoms with Gasteiger partial charge in [0.05, 0.1) is 5.92 Å². The van der Waals surface area contributed by atoms with Gasteiger partial charge in [-0.3, -0.25) is 9.69 Å². The van der Waals surface area contributed by atoms with Crippen LogP contribution in [0, 0.1) is 5.92 Å². The van der Waals surface area contributed by atoms with E-state index in [4.69, 9.17) is 5.73 Å². The van der Waals surface area contributed by atoms with Crippen LogP contribution in [0.15, 0.2) is 30.3 Å². The molecule has 26 heavy (non-hydrogen) atoms. The van der Waals surface area contributed by atoms with Crippen molar-refractivity contribution >= 4 is 11.6 Å². The van der Waals surface area contributed by atoms with Gasteiger partial charge in [-0.15, -0.1) is 0 Å². The smallest absolute Gasteiger partial charge is 0.227 e. The minimum absolute atomic E-state index is 0.0174. The van der Waals surface area contributed by atoms with Gasteiger partial charge < -0.3 is 15.5 Å². The van der Waals surface area contributed by atoms with E-state index >= 15 is 0 Å². The fourth-order valence-corrected chi connectivity index (χ4v) is 4.30. The zero-order valence-electron chi connectivity index (χ0n) is 16.4. The van der Waals surface area contributed by atoms with E-state index in [1.54, 1.807) is 0 Å². The van der Waals surface area contributed by atoms with Gasteiger partial charge in [0.2, 0.25) is 5.91 Å². The monoisotopic (exact) mass is 358 g/mol. The Morgan fingerprint density at radius 2 is 1.88 bits per heavy atom. The van der Waals surface area contributed by atoms with E-state index in [1.165, 1.54) is 5.69 Å². The zero-order valence-corrected chi connectivity index (χ0v) is 16.4. The molecule has 3 rings (SSSR count). The van der Waals surface area contributed by atoms with Crippen molar-refractivity contribution in [2.45, 2.75) is 38.1 Å². The molecule has 1 aliphatic carbocycles. The van der Waals surface area contributed by atoms with Crippen LogP contribution in [-0.2, 0) is 4.79 Å². The molecule has 1 aliphatic heterocycles. The molecule has 1 amide bonds. The van der Waals surface area contributed by atoms with Crippen molar-refractivity contribution in [2.24, 2.45) is 11.7 Å². The van der Waals surface area contributed by atoms with Crippen molar-refractivity contribution < 1.29 is 4.79 Å². The molecule has 1 heterocycles. The predicted molar refractivity (Wildman–Crippen MR) is 107 cm³/mol. The Labute approximate surface area is 158 Å². The quantitative estimate of drug-likeness (QED) is 0.876. The number of hydrogen-bond acceptors (Lipinski definition) is 4. The lowest BCUT2D eigenvalue weighted by Gasteiger charge is -2.40. The van der Waals surface area contributed by atoms with Crippen LogP contribution in [0.5, 0.6) is 0 Å². The average molecular weight is 359 g/mol. The lowest BCUT2D eigenvalue weighted by atomic mass is 9.74. The number of anilines is 1. The number of amides is 1. The zero-order chi connectivity index (χ0) is 18.6. The predicted octanol–water partition coefficient (Wildman–Crippen LogP) is 2.17. The molecule has 5 nitrogen and oxygen atoms in total. The molecule has 1 saturated carbocycles. The number of nitrogens with two attached hydrogens (primary N) is 1. The second-order valence-corrected chi connectivity index (χ2v) is 8.23. The maximum Gasteiger partial charge on any atom is 0.227 e. The van der Waals surface area contributed by atoms with Gasteiger partial charge in [-0.2, -0.15) is 0 Å². The van der Waals surface area contributed by atoms with Crippen molar-refractivity contribution in [1.82, 2.24) is 9.80 Å². The van der Waals surface area contributed by atoms with Gasteiger partial charge in [0.1, 0.15) is 0 Å². The maximum atomic E-state index is 12.8. The van der Waals surface area contributed by atoms with E-state index in [0.717, 1.165) is 65.0 Å². The minimum atomic E-state index is -0.342. The third-order valence-electron chi connectivity index (χ3n) is 6.17. The summed E-state index contributed by atoms with van der Waals surface area (Å²) in [6, 6.07) is 10.6. The maximum absolute atomic E-state index is 12.8. The number of para-hydroxylation sites is 1. The molecule has 2 atom stereocenters. The van der Waals surface area contributed by atoms with Gasteiger partial charge in [-0.25, -0.2) is 0 Å². The van der Waals surface area contributed by atoms with Crippen molar-refractivity contribution in [3.63, 3.8) is 0 Å². The molecule has 0 radical (unpaired) electrons. The molecule has 1 aromatic carbocycles. The highest BCUT2D eigenvalue weighted by atomic mass is 16.2. The number of nitrogens with zero attached hydrogens (tertiary/aromatic N) is 3. The second-order valence-electron chi connectivity index (χ2n) is 8.23. The van der Waals surface area contributed by atoms with E-state index < -0.39 is 0 Å². The minimum Gasteiger partial charge on any atom is -0.369 e. The first-order valence-electron chi connectivity index (χ1n) is 10.0. The summed E-state index contributed by atoms with van der Waals surface area (Å²) in [7, 11) is 1.94. The first kappa shape index (κ1) is 19.2. The molecule has 144 valence electrons. The summed E-state index contributed by atoms with van der Waals surface area (Å²) in [6.07, 6.45) is 4.16. The van der Waals surface area contributed by atoms with Crippen molar-refractivity contribution in [1.29, 1.82) is 0 Å². The molecule has 1 saturated heterocycles. The standard InChI is InChI=1S/C21H34N4O/c1-21(22)11-7-6-10-19(21)20(26)23(2)12-13-24-14-16-25(17-15-24)18-8-4-3-5-9-18/h3-5,8-9,19H,6-7,10-17,22H2,1-2H3. The van der Waals surface area contributed by atoms with Crippen LogP contribution in [-0.4, -0.2) is 67.6 Å². The fraction of sp³-hybridized carbons (Fsp3) is 0.667. The Balaban J connectivity index is 1.44. The van der Waals surface area contributed by atoms with Gasteiger partial charge in [-0.05, 0) is 31.9 Å². The van der Waals surface area contributed by atoms with Crippen LogP contribution in [0.1, 0.15) is 32.6 Å². The van der Waals surface area contributed by atoms with E-state index in [-0.39, 0.29) is 17.4 Å². The van der Waals surface area contributed by atoms with Gasteiger partial charge >= 0.3 is 0 Å². The van der Waals surface area contributed by atoms with Gasteiger partial charge in [0.15, 0.2) is 0 Å². The molecule has 0 bridgehead atoms. The third-order valence-corrected chi connectivity index (χ3v) is 6.17. The number of carbonyl (C=O) groups is 1. The summed E-state index contributed by atoms with van der Waals surface area (Å²) in [6.45, 7) is 7.97. The number of piperazine rings is 1. The molecule has 0 aromatic heterocycles. The average Bonchev–Trinajstić information content (AvgIpc) is 2.66. The summed E-state index contributed by atoms with van der Waals surface area (Å²) < 4.78 is 0. The van der Waals surface area contributed by atoms with E-state index in [9.17, 15) is 4.79 Å². The van der Waals surface area contributed by atoms with Crippen LogP contribution >= 0.6 is 0 Å². The van der Waals surface area contributed by atoms with Crippen LogP contribution in [0.25, 0.3) is 0 Å². The first-order valence-corrected chi connectivity index (χ1v) is 10.0.